The topological polar surface area (TPSA) is 70.7 Å². The van der Waals surface area contributed by atoms with Gasteiger partial charge in [0, 0.05) is 16.7 Å². The van der Waals surface area contributed by atoms with Gasteiger partial charge in [0.2, 0.25) is 5.91 Å². The van der Waals surface area contributed by atoms with Crippen LogP contribution < -0.4 is 15.4 Å². The van der Waals surface area contributed by atoms with Crippen molar-refractivity contribution in [3.8, 4) is 5.75 Å². The first-order valence-electron chi connectivity index (χ1n) is 8.61. The van der Waals surface area contributed by atoms with Crippen molar-refractivity contribution in [3.63, 3.8) is 0 Å². The smallest absolute Gasteiger partial charge is 0.252 e. The van der Waals surface area contributed by atoms with Gasteiger partial charge in [-0.1, -0.05) is 24.3 Å². The molecule has 7 heteroatoms. The summed E-state index contributed by atoms with van der Waals surface area (Å²) in [4.78, 5) is 26.1. The van der Waals surface area contributed by atoms with Crippen LogP contribution >= 0.6 is 22.6 Å². The van der Waals surface area contributed by atoms with Crippen LogP contribution in [0.15, 0.2) is 48.5 Å². The lowest BCUT2D eigenvalue weighted by molar-refractivity contribution is -0.120. The van der Waals surface area contributed by atoms with Gasteiger partial charge in [0.15, 0.2) is 0 Å². The lowest BCUT2D eigenvalue weighted by Gasteiger charge is -2.11. The Labute approximate surface area is 173 Å². The molecule has 27 heavy (non-hydrogen) atoms. The van der Waals surface area contributed by atoms with Crippen LogP contribution in [0, 0.1) is 3.57 Å². The van der Waals surface area contributed by atoms with E-state index in [0.717, 1.165) is 21.4 Å². The molecule has 0 aliphatic rings. The van der Waals surface area contributed by atoms with Crippen LogP contribution in [-0.2, 0) is 11.3 Å². The number of benzene rings is 2. The van der Waals surface area contributed by atoms with Crippen LogP contribution in [-0.4, -0.2) is 50.5 Å². The average molecular weight is 481 g/mol. The van der Waals surface area contributed by atoms with Crippen molar-refractivity contribution in [1.29, 1.82) is 0 Å². The number of hydrogen-bond acceptors (Lipinski definition) is 4. The van der Waals surface area contributed by atoms with E-state index in [9.17, 15) is 9.59 Å². The fraction of sp³-hybridized carbons (Fsp3) is 0.300. The third-order valence-electron chi connectivity index (χ3n) is 3.75. The molecule has 2 aromatic carbocycles. The molecule has 2 aromatic rings. The second-order valence-electron chi connectivity index (χ2n) is 6.23. The minimum atomic E-state index is -0.255. The van der Waals surface area contributed by atoms with E-state index in [1.165, 1.54) is 0 Å². The molecule has 0 bridgehead atoms. The maximum absolute atomic E-state index is 12.1. The van der Waals surface area contributed by atoms with Gasteiger partial charge in [0.05, 0.1) is 12.1 Å². The molecule has 0 heterocycles. The van der Waals surface area contributed by atoms with Crippen LogP contribution in [0.2, 0.25) is 0 Å². The third-order valence-corrected chi connectivity index (χ3v) is 4.69. The number of nitrogens with zero attached hydrogens (tertiary/aromatic N) is 1. The first-order chi connectivity index (χ1) is 13.0. The summed E-state index contributed by atoms with van der Waals surface area (Å²) in [5.74, 6) is 0.312. The van der Waals surface area contributed by atoms with Gasteiger partial charge in [-0.2, -0.15) is 0 Å². The van der Waals surface area contributed by atoms with Crippen LogP contribution in [0.25, 0.3) is 0 Å². The molecule has 0 aliphatic heterocycles. The molecule has 0 saturated carbocycles. The van der Waals surface area contributed by atoms with E-state index in [1.54, 1.807) is 12.1 Å². The van der Waals surface area contributed by atoms with Gasteiger partial charge in [-0.3, -0.25) is 9.59 Å². The van der Waals surface area contributed by atoms with Crippen molar-refractivity contribution in [2.24, 2.45) is 0 Å². The Balaban J connectivity index is 1.72. The quantitative estimate of drug-likeness (QED) is 0.540. The minimum absolute atomic E-state index is 0.0600. The van der Waals surface area contributed by atoms with E-state index in [4.69, 9.17) is 4.74 Å². The number of hydrogen-bond donors (Lipinski definition) is 2. The number of carbonyl (C=O) groups excluding carboxylic acids is 2. The van der Waals surface area contributed by atoms with Gasteiger partial charge in [0.1, 0.15) is 12.4 Å². The number of rotatable bonds is 9. The van der Waals surface area contributed by atoms with Gasteiger partial charge < -0.3 is 20.3 Å². The van der Waals surface area contributed by atoms with Gasteiger partial charge >= 0.3 is 0 Å². The molecular weight excluding hydrogens is 457 g/mol. The summed E-state index contributed by atoms with van der Waals surface area (Å²) in [7, 11) is 4.00. The van der Waals surface area contributed by atoms with Crippen molar-refractivity contribution < 1.29 is 14.3 Å². The van der Waals surface area contributed by atoms with E-state index >= 15 is 0 Å². The molecule has 0 aliphatic carbocycles. The number of nitrogens with one attached hydrogen (secondary N) is 2. The SMILES string of the molecule is CN(C)CCOc1ccc(CNC(=O)CNC(=O)c2ccccc2I)cc1. The van der Waals surface area contributed by atoms with Gasteiger partial charge in [-0.15, -0.1) is 0 Å². The van der Waals surface area contributed by atoms with Crippen LogP contribution in [0.4, 0.5) is 0 Å². The number of likely N-dealkylation sites (N-methyl/N-ethyl adjacent to an activating group) is 1. The van der Waals surface area contributed by atoms with Crippen molar-refractivity contribution in [2.45, 2.75) is 6.54 Å². The maximum Gasteiger partial charge on any atom is 0.252 e. The molecule has 2 rings (SSSR count). The van der Waals surface area contributed by atoms with Crippen LogP contribution in [0.1, 0.15) is 15.9 Å². The highest BCUT2D eigenvalue weighted by atomic mass is 127. The molecule has 144 valence electrons. The molecule has 0 radical (unpaired) electrons. The zero-order valence-corrected chi connectivity index (χ0v) is 17.7. The molecule has 0 fully saturated rings. The Bertz CT molecular complexity index is 763. The van der Waals surface area contributed by atoms with Crippen molar-refractivity contribution in [1.82, 2.24) is 15.5 Å². The van der Waals surface area contributed by atoms with Gasteiger partial charge in [-0.25, -0.2) is 0 Å². The third kappa shape index (κ3) is 7.56. The summed E-state index contributed by atoms with van der Waals surface area (Å²) in [5.41, 5.74) is 1.53. The maximum atomic E-state index is 12.1. The summed E-state index contributed by atoms with van der Waals surface area (Å²) in [6.45, 7) is 1.82. The Morgan fingerprint density at radius 2 is 1.74 bits per heavy atom. The van der Waals surface area contributed by atoms with Crippen molar-refractivity contribution in [3.05, 3.63) is 63.2 Å². The minimum Gasteiger partial charge on any atom is -0.492 e. The normalized spacial score (nSPS) is 10.5. The first kappa shape index (κ1) is 21.2. The summed E-state index contributed by atoms with van der Waals surface area (Å²) >= 11 is 2.10. The number of halogens is 1. The predicted molar refractivity (Wildman–Crippen MR) is 114 cm³/mol. The fourth-order valence-corrected chi connectivity index (χ4v) is 2.85. The Morgan fingerprint density at radius 3 is 2.41 bits per heavy atom. The zero-order valence-electron chi connectivity index (χ0n) is 15.5. The lowest BCUT2D eigenvalue weighted by atomic mass is 10.2. The van der Waals surface area contributed by atoms with Crippen LogP contribution in [0.5, 0.6) is 5.75 Å². The largest absolute Gasteiger partial charge is 0.492 e. The molecule has 2 N–H and O–H groups in total. The van der Waals surface area contributed by atoms with Gasteiger partial charge in [-0.05, 0) is 66.5 Å². The fourth-order valence-electron chi connectivity index (χ4n) is 2.21. The molecular formula is C20H24IN3O3. The Kier molecular flexibility index (Phi) is 8.53. The second-order valence-corrected chi connectivity index (χ2v) is 7.40. The molecule has 2 amide bonds. The van der Waals surface area contributed by atoms with Crippen molar-refractivity contribution in [2.75, 3.05) is 33.8 Å². The molecule has 0 spiro atoms. The van der Waals surface area contributed by atoms with Gasteiger partial charge in [0.25, 0.3) is 5.91 Å². The van der Waals surface area contributed by atoms with Crippen molar-refractivity contribution >= 4 is 34.4 Å². The number of ether oxygens (including phenoxy) is 1. The first-order valence-corrected chi connectivity index (χ1v) is 9.69. The average Bonchev–Trinajstić information content (AvgIpc) is 2.65. The monoisotopic (exact) mass is 481 g/mol. The molecule has 0 unspecified atom stereocenters. The van der Waals surface area contributed by atoms with E-state index in [-0.39, 0.29) is 18.4 Å². The predicted octanol–water partition coefficient (Wildman–Crippen LogP) is 2.28. The highest BCUT2D eigenvalue weighted by Gasteiger charge is 2.10. The summed E-state index contributed by atoms with van der Waals surface area (Å²) in [6, 6.07) is 14.8. The standard InChI is InChI=1S/C20H24IN3O3/c1-24(2)11-12-27-16-9-7-15(8-10-16)13-22-19(25)14-23-20(26)17-5-3-4-6-18(17)21/h3-10H,11-14H2,1-2H3,(H,22,25)(H,23,26). The van der Waals surface area contributed by atoms with E-state index < -0.39 is 0 Å². The highest BCUT2D eigenvalue weighted by molar-refractivity contribution is 14.1. The van der Waals surface area contributed by atoms with E-state index in [0.29, 0.717) is 18.7 Å². The summed E-state index contributed by atoms with van der Waals surface area (Å²) in [6.07, 6.45) is 0. The molecule has 0 saturated heterocycles. The Hall–Kier alpha value is -2.13. The Morgan fingerprint density at radius 1 is 1.04 bits per heavy atom. The number of amides is 2. The second kappa shape index (κ2) is 10.9. The zero-order chi connectivity index (χ0) is 19.6. The molecule has 6 nitrogen and oxygen atoms in total. The summed E-state index contributed by atoms with van der Waals surface area (Å²) in [5, 5.41) is 5.43. The van der Waals surface area contributed by atoms with Crippen LogP contribution in [0.3, 0.4) is 0 Å². The highest BCUT2D eigenvalue weighted by Crippen LogP contribution is 2.12. The summed E-state index contributed by atoms with van der Waals surface area (Å²) < 4.78 is 6.48. The van der Waals surface area contributed by atoms with E-state index in [2.05, 4.69) is 38.1 Å². The lowest BCUT2D eigenvalue weighted by Crippen LogP contribution is -2.36. The molecule has 0 atom stereocenters. The van der Waals surface area contributed by atoms with E-state index in [1.807, 2.05) is 50.5 Å². The number of carbonyl (C=O) groups is 2. The molecule has 0 aromatic heterocycles.